The minimum atomic E-state index is -4.52. The summed E-state index contributed by atoms with van der Waals surface area (Å²) in [6.07, 6.45) is -3.35. The van der Waals surface area contributed by atoms with Crippen molar-refractivity contribution in [2.75, 3.05) is 0 Å². The van der Waals surface area contributed by atoms with Gasteiger partial charge in [0.2, 0.25) is 0 Å². The van der Waals surface area contributed by atoms with Crippen LogP contribution in [0.1, 0.15) is 34.9 Å². The highest BCUT2D eigenvalue weighted by Gasteiger charge is 2.33. The van der Waals surface area contributed by atoms with Crippen molar-refractivity contribution in [3.63, 3.8) is 0 Å². The van der Waals surface area contributed by atoms with E-state index in [1.165, 1.54) is 23.1 Å². The van der Waals surface area contributed by atoms with Crippen LogP contribution in [0.25, 0.3) is 11.1 Å². The SMILES string of the molecule is Cn1ncnc1[C@@H](CC(=O)O)c1ccc(OCc2cc(-c3ccccc3)ccc2C(F)(F)F)cc1. The summed E-state index contributed by atoms with van der Waals surface area (Å²) in [5, 5.41) is 13.3. The number of carboxylic acid groups (broad SMARTS) is 1. The van der Waals surface area contributed by atoms with Crippen LogP contribution < -0.4 is 4.74 Å². The molecule has 0 saturated heterocycles. The molecule has 9 heteroatoms. The molecule has 0 unspecified atom stereocenters. The van der Waals surface area contributed by atoms with Gasteiger partial charge in [-0.2, -0.15) is 18.3 Å². The van der Waals surface area contributed by atoms with Crippen LogP contribution in [0.2, 0.25) is 0 Å². The van der Waals surface area contributed by atoms with Crippen molar-refractivity contribution in [2.45, 2.75) is 25.1 Å². The van der Waals surface area contributed by atoms with Gasteiger partial charge in [-0.1, -0.05) is 48.5 Å². The van der Waals surface area contributed by atoms with Crippen LogP contribution in [0.15, 0.2) is 79.1 Å². The zero-order chi connectivity index (χ0) is 25.0. The molecular formula is C26H22F3N3O3. The second-order valence-corrected chi connectivity index (χ2v) is 7.99. The lowest BCUT2D eigenvalue weighted by Crippen LogP contribution is -2.13. The molecule has 6 nitrogen and oxygen atoms in total. The van der Waals surface area contributed by atoms with Crippen LogP contribution >= 0.6 is 0 Å². The van der Waals surface area contributed by atoms with E-state index in [1.807, 2.05) is 30.3 Å². The molecule has 0 aliphatic heterocycles. The van der Waals surface area contributed by atoms with Gasteiger partial charge in [0.15, 0.2) is 0 Å². The number of carbonyl (C=O) groups is 1. The van der Waals surface area contributed by atoms with Crippen molar-refractivity contribution < 1.29 is 27.8 Å². The molecule has 0 radical (unpaired) electrons. The average molecular weight is 481 g/mol. The van der Waals surface area contributed by atoms with Crippen LogP contribution in [0, 0.1) is 0 Å². The summed E-state index contributed by atoms with van der Waals surface area (Å²) >= 11 is 0. The number of benzene rings is 3. The lowest BCUT2D eigenvalue weighted by molar-refractivity contribution is -0.139. The van der Waals surface area contributed by atoms with Gasteiger partial charge in [-0.05, 0) is 41.0 Å². The quantitative estimate of drug-likeness (QED) is 0.350. The molecule has 35 heavy (non-hydrogen) atoms. The summed E-state index contributed by atoms with van der Waals surface area (Å²) < 4.78 is 48.0. The number of alkyl halides is 3. The molecule has 1 atom stereocenters. The molecule has 0 bridgehead atoms. The monoisotopic (exact) mass is 481 g/mol. The predicted octanol–water partition coefficient (Wildman–Crippen LogP) is 5.69. The van der Waals surface area contributed by atoms with Crippen LogP contribution in [0.4, 0.5) is 13.2 Å². The Balaban J connectivity index is 1.56. The molecule has 4 aromatic rings. The maximum atomic E-state index is 13.6. The van der Waals surface area contributed by atoms with Gasteiger partial charge in [0, 0.05) is 12.6 Å². The van der Waals surface area contributed by atoms with Crippen molar-refractivity contribution in [1.82, 2.24) is 14.8 Å². The molecule has 4 rings (SSSR count). The fourth-order valence-electron chi connectivity index (χ4n) is 3.91. The molecule has 1 heterocycles. The number of aliphatic carboxylic acids is 1. The molecule has 1 N–H and O–H groups in total. The second-order valence-electron chi connectivity index (χ2n) is 7.99. The lowest BCUT2D eigenvalue weighted by atomic mass is 9.94. The van der Waals surface area contributed by atoms with E-state index in [0.717, 1.165) is 11.6 Å². The first-order valence-electron chi connectivity index (χ1n) is 10.8. The summed E-state index contributed by atoms with van der Waals surface area (Å²) in [7, 11) is 1.68. The number of aromatic nitrogens is 3. The Morgan fingerprint density at radius 1 is 1.03 bits per heavy atom. The van der Waals surface area contributed by atoms with Crippen molar-refractivity contribution in [2.24, 2.45) is 7.05 Å². The Labute approximate surface area is 199 Å². The van der Waals surface area contributed by atoms with Crippen molar-refractivity contribution in [3.8, 4) is 16.9 Å². The van der Waals surface area contributed by atoms with E-state index in [2.05, 4.69) is 10.1 Å². The molecule has 0 aliphatic carbocycles. The number of ether oxygens (including phenoxy) is 1. The highest BCUT2D eigenvalue weighted by molar-refractivity contribution is 5.68. The highest BCUT2D eigenvalue weighted by atomic mass is 19.4. The van der Waals surface area contributed by atoms with E-state index >= 15 is 0 Å². The number of hydrogen-bond donors (Lipinski definition) is 1. The summed E-state index contributed by atoms with van der Waals surface area (Å²) in [6.45, 7) is -0.281. The van der Waals surface area contributed by atoms with Gasteiger partial charge in [0.1, 0.15) is 24.5 Å². The summed E-state index contributed by atoms with van der Waals surface area (Å²) in [5.74, 6) is -0.669. The molecule has 0 spiro atoms. The van der Waals surface area contributed by atoms with Crippen LogP contribution in [-0.2, 0) is 24.6 Å². The maximum absolute atomic E-state index is 13.6. The van der Waals surface area contributed by atoms with E-state index in [0.29, 0.717) is 22.7 Å². The van der Waals surface area contributed by atoms with E-state index in [9.17, 15) is 23.1 Å². The van der Waals surface area contributed by atoms with Gasteiger partial charge in [0.05, 0.1) is 17.9 Å². The van der Waals surface area contributed by atoms with Gasteiger partial charge < -0.3 is 9.84 Å². The Bertz CT molecular complexity index is 1300. The normalized spacial score (nSPS) is 12.3. The molecule has 3 aromatic carbocycles. The smallest absolute Gasteiger partial charge is 0.416 e. The standard InChI is InChI=1S/C26H22F3N3O3/c1-32-25(30-16-31-32)22(14-24(33)34)18-7-10-21(11-8-18)35-15-20-13-19(17-5-3-2-4-6-17)9-12-23(20)26(27,28)29/h2-13,16,22H,14-15H2,1H3,(H,33,34)/t22-/m0/s1. The predicted molar refractivity (Wildman–Crippen MR) is 123 cm³/mol. The highest BCUT2D eigenvalue weighted by Crippen LogP contribution is 2.35. The van der Waals surface area contributed by atoms with Crippen molar-refractivity contribution in [3.05, 3.63) is 102 Å². The third kappa shape index (κ3) is 5.68. The average Bonchev–Trinajstić information content (AvgIpc) is 3.27. The fraction of sp³-hybridized carbons (Fsp3) is 0.192. The zero-order valence-corrected chi connectivity index (χ0v) is 18.7. The van der Waals surface area contributed by atoms with Crippen LogP contribution in [0.3, 0.4) is 0 Å². The first kappa shape index (κ1) is 24.0. The number of halogens is 3. The van der Waals surface area contributed by atoms with E-state index < -0.39 is 23.6 Å². The van der Waals surface area contributed by atoms with Gasteiger partial charge >= 0.3 is 12.1 Å². The van der Waals surface area contributed by atoms with Crippen molar-refractivity contribution in [1.29, 1.82) is 0 Å². The van der Waals surface area contributed by atoms with Gasteiger partial charge in [-0.25, -0.2) is 4.98 Å². The molecule has 0 aliphatic rings. The number of carboxylic acids is 1. The van der Waals surface area contributed by atoms with E-state index in [1.54, 1.807) is 31.3 Å². The number of aryl methyl sites for hydroxylation is 1. The number of rotatable bonds is 8. The van der Waals surface area contributed by atoms with E-state index in [4.69, 9.17) is 4.74 Å². The fourth-order valence-corrected chi connectivity index (χ4v) is 3.91. The molecular weight excluding hydrogens is 459 g/mol. The van der Waals surface area contributed by atoms with Gasteiger partial charge in [-0.15, -0.1) is 0 Å². The summed E-state index contributed by atoms with van der Waals surface area (Å²) in [6, 6.07) is 19.7. The number of hydrogen-bond acceptors (Lipinski definition) is 4. The Morgan fingerprint density at radius 2 is 1.74 bits per heavy atom. The van der Waals surface area contributed by atoms with Gasteiger partial charge in [0.25, 0.3) is 0 Å². The zero-order valence-electron chi connectivity index (χ0n) is 18.7. The molecule has 180 valence electrons. The van der Waals surface area contributed by atoms with Gasteiger partial charge in [-0.3, -0.25) is 9.48 Å². The minimum absolute atomic E-state index is 0.0192. The molecule has 0 fully saturated rings. The first-order valence-corrected chi connectivity index (χ1v) is 10.8. The summed E-state index contributed by atoms with van der Waals surface area (Å²) in [5.41, 5.74) is 1.41. The largest absolute Gasteiger partial charge is 0.489 e. The topological polar surface area (TPSA) is 77.2 Å². The number of nitrogens with zero attached hydrogens (tertiary/aromatic N) is 3. The van der Waals surface area contributed by atoms with Crippen LogP contribution in [-0.4, -0.2) is 25.8 Å². The first-order chi connectivity index (χ1) is 16.7. The van der Waals surface area contributed by atoms with E-state index in [-0.39, 0.29) is 18.6 Å². The molecule has 1 aromatic heterocycles. The third-order valence-electron chi connectivity index (χ3n) is 5.63. The minimum Gasteiger partial charge on any atom is -0.489 e. The Morgan fingerprint density at radius 3 is 2.34 bits per heavy atom. The lowest BCUT2D eigenvalue weighted by Gasteiger charge is -2.17. The Kier molecular flexibility index (Phi) is 6.86. The maximum Gasteiger partial charge on any atom is 0.416 e. The summed E-state index contributed by atoms with van der Waals surface area (Å²) in [4.78, 5) is 15.5. The molecule has 0 amide bonds. The third-order valence-corrected chi connectivity index (χ3v) is 5.63. The Hall–Kier alpha value is -4.14. The second kappa shape index (κ2) is 10.0. The molecule has 0 saturated carbocycles. The van der Waals surface area contributed by atoms with Crippen molar-refractivity contribution >= 4 is 5.97 Å². The van der Waals surface area contributed by atoms with Crippen LogP contribution in [0.5, 0.6) is 5.75 Å².